The van der Waals surface area contributed by atoms with Gasteiger partial charge in [-0.3, -0.25) is 14.4 Å². The molecule has 8 nitrogen and oxygen atoms in total. The molecule has 5 amide bonds. The zero-order chi connectivity index (χ0) is 20.8. The van der Waals surface area contributed by atoms with Crippen LogP contribution >= 0.6 is 0 Å². The number of rotatable bonds is 3. The van der Waals surface area contributed by atoms with Crippen LogP contribution in [0.5, 0.6) is 0 Å². The van der Waals surface area contributed by atoms with E-state index in [1.165, 1.54) is 0 Å². The molecule has 4 atom stereocenters. The summed E-state index contributed by atoms with van der Waals surface area (Å²) in [7, 11) is 0. The van der Waals surface area contributed by atoms with Gasteiger partial charge in [0.25, 0.3) is 5.91 Å². The number of urea groups is 1. The van der Waals surface area contributed by atoms with E-state index in [1.807, 2.05) is 15.9 Å². The van der Waals surface area contributed by atoms with Crippen molar-refractivity contribution in [3.8, 4) is 0 Å². The lowest BCUT2D eigenvalue weighted by molar-refractivity contribution is -0.149. The molecule has 0 aliphatic carbocycles. The van der Waals surface area contributed by atoms with Crippen LogP contribution in [0.15, 0.2) is 30.3 Å². The molecule has 5 rings (SSSR count). The molecule has 0 radical (unpaired) electrons. The second-order valence-corrected chi connectivity index (χ2v) is 8.88. The molecular weight excluding hydrogens is 384 g/mol. The Bertz CT molecular complexity index is 888. The van der Waals surface area contributed by atoms with Crippen LogP contribution in [-0.4, -0.2) is 65.3 Å². The first-order chi connectivity index (χ1) is 14.5. The highest BCUT2D eigenvalue weighted by atomic mass is 16.2. The smallest absolute Gasteiger partial charge is 0.329 e. The molecule has 4 heterocycles. The van der Waals surface area contributed by atoms with Crippen molar-refractivity contribution >= 4 is 29.4 Å². The van der Waals surface area contributed by atoms with Crippen LogP contribution in [-0.2, 0) is 14.4 Å². The van der Waals surface area contributed by atoms with Crippen molar-refractivity contribution in [2.45, 2.75) is 44.2 Å². The number of carbonyl (C=O) groups is 4. The standard InChI is InChI=1S/C22H26N4O4/c27-19-8-4-7-18-15-9-14(12-25(18)19)11-24(13-15)20(28)10-17-21(29)26(22(30)23-17)16-5-2-1-3-6-16/h1-3,5-6,14-15,17-18H,4,7-13H2,(H,23,30). The summed E-state index contributed by atoms with van der Waals surface area (Å²) in [5.41, 5.74) is 0.504. The molecule has 8 heteroatoms. The highest BCUT2D eigenvalue weighted by Crippen LogP contribution is 2.38. The molecule has 0 saturated carbocycles. The zero-order valence-electron chi connectivity index (χ0n) is 16.8. The third-order valence-electron chi connectivity index (χ3n) is 6.94. The van der Waals surface area contributed by atoms with E-state index in [9.17, 15) is 19.2 Å². The Kier molecular flexibility index (Phi) is 4.72. The van der Waals surface area contributed by atoms with Gasteiger partial charge in [0.1, 0.15) is 6.04 Å². The maximum Gasteiger partial charge on any atom is 0.329 e. The number of hydrogen-bond donors (Lipinski definition) is 1. The van der Waals surface area contributed by atoms with Crippen molar-refractivity contribution in [3.63, 3.8) is 0 Å². The van der Waals surface area contributed by atoms with Gasteiger partial charge in [-0.05, 0) is 43.2 Å². The highest BCUT2D eigenvalue weighted by Gasteiger charge is 2.46. The number of imide groups is 1. The fraction of sp³-hybridized carbons (Fsp3) is 0.545. The van der Waals surface area contributed by atoms with Crippen LogP contribution in [0.25, 0.3) is 0 Å². The normalized spacial score (nSPS) is 30.9. The van der Waals surface area contributed by atoms with Crippen LogP contribution in [0.4, 0.5) is 10.5 Å². The van der Waals surface area contributed by atoms with Crippen molar-refractivity contribution in [1.82, 2.24) is 15.1 Å². The Balaban J connectivity index is 1.25. The SMILES string of the molecule is O=C(CC1NC(=O)N(c2ccccc2)C1=O)N1CC2CC(C1)C1CCCC(=O)N1C2. The quantitative estimate of drug-likeness (QED) is 0.762. The molecule has 4 saturated heterocycles. The lowest BCUT2D eigenvalue weighted by atomic mass is 9.76. The third-order valence-corrected chi connectivity index (χ3v) is 6.94. The number of carbonyl (C=O) groups excluding carboxylic acids is 4. The molecule has 4 aliphatic rings. The number of benzene rings is 1. The number of hydrogen-bond acceptors (Lipinski definition) is 4. The van der Waals surface area contributed by atoms with Crippen molar-refractivity contribution in [2.75, 3.05) is 24.5 Å². The summed E-state index contributed by atoms with van der Waals surface area (Å²) in [6.45, 7) is 1.97. The molecular formula is C22H26N4O4. The van der Waals surface area contributed by atoms with Gasteiger partial charge in [0.05, 0.1) is 12.1 Å². The first-order valence-electron chi connectivity index (χ1n) is 10.8. The molecule has 158 valence electrons. The summed E-state index contributed by atoms with van der Waals surface area (Å²) in [6, 6.07) is 7.66. The minimum Gasteiger partial charge on any atom is -0.342 e. The molecule has 0 spiro atoms. The van der Waals surface area contributed by atoms with Crippen molar-refractivity contribution < 1.29 is 19.2 Å². The Morgan fingerprint density at radius 2 is 1.87 bits per heavy atom. The molecule has 1 N–H and O–H groups in total. The maximum atomic E-state index is 13.0. The van der Waals surface area contributed by atoms with Gasteiger partial charge < -0.3 is 15.1 Å². The van der Waals surface area contributed by atoms with Crippen LogP contribution < -0.4 is 10.2 Å². The molecule has 1 aromatic carbocycles. The van der Waals surface area contributed by atoms with E-state index >= 15 is 0 Å². The van der Waals surface area contributed by atoms with E-state index in [1.54, 1.807) is 24.3 Å². The van der Waals surface area contributed by atoms with Gasteiger partial charge in [-0.15, -0.1) is 0 Å². The third kappa shape index (κ3) is 3.24. The number of nitrogens with zero attached hydrogens (tertiary/aromatic N) is 3. The minimum atomic E-state index is -0.834. The van der Waals surface area contributed by atoms with Gasteiger partial charge in [0.2, 0.25) is 11.8 Å². The number of anilines is 1. The fourth-order valence-electron chi connectivity index (χ4n) is 5.61. The monoisotopic (exact) mass is 410 g/mol. The fourth-order valence-corrected chi connectivity index (χ4v) is 5.61. The van der Waals surface area contributed by atoms with E-state index in [2.05, 4.69) is 5.32 Å². The first-order valence-corrected chi connectivity index (χ1v) is 10.8. The molecule has 30 heavy (non-hydrogen) atoms. The van der Waals surface area contributed by atoms with Crippen molar-refractivity contribution in [1.29, 1.82) is 0 Å². The van der Waals surface area contributed by atoms with Crippen LogP contribution in [0.1, 0.15) is 32.1 Å². The van der Waals surface area contributed by atoms with E-state index in [4.69, 9.17) is 0 Å². The Morgan fingerprint density at radius 1 is 1.07 bits per heavy atom. The van der Waals surface area contributed by atoms with Gasteiger partial charge in [-0.25, -0.2) is 9.69 Å². The molecule has 2 bridgehead atoms. The zero-order valence-corrected chi connectivity index (χ0v) is 16.8. The predicted octanol–water partition coefficient (Wildman–Crippen LogP) is 1.36. The summed E-state index contributed by atoms with van der Waals surface area (Å²) in [6.07, 6.45) is 3.60. The van der Waals surface area contributed by atoms with Crippen molar-refractivity contribution in [3.05, 3.63) is 30.3 Å². The highest BCUT2D eigenvalue weighted by molar-refractivity contribution is 6.22. The topological polar surface area (TPSA) is 90.0 Å². The van der Waals surface area contributed by atoms with Crippen LogP contribution in [0, 0.1) is 11.8 Å². The van der Waals surface area contributed by atoms with Gasteiger partial charge in [0, 0.05) is 32.1 Å². The number of likely N-dealkylation sites (tertiary alicyclic amines) is 1. The summed E-state index contributed by atoms with van der Waals surface area (Å²) in [4.78, 5) is 55.4. The average molecular weight is 410 g/mol. The number of para-hydroxylation sites is 1. The number of fused-ring (bicyclic) bond motifs is 4. The summed E-state index contributed by atoms with van der Waals surface area (Å²) in [5, 5.41) is 2.66. The number of amides is 5. The van der Waals surface area contributed by atoms with Crippen LogP contribution in [0.3, 0.4) is 0 Å². The van der Waals surface area contributed by atoms with Gasteiger partial charge in [-0.2, -0.15) is 0 Å². The van der Waals surface area contributed by atoms with Gasteiger partial charge in [0.15, 0.2) is 0 Å². The largest absolute Gasteiger partial charge is 0.342 e. The van der Waals surface area contributed by atoms with Crippen molar-refractivity contribution in [2.24, 2.45) is 11.8 Å². The van der Waals surface area contributed by atoms with E-state index in [0.717, 1.165) is 30.7 Å². The summed E-state index contributed by atoms with van der Waals surface area (Å²) >= 11 is 0. The Labute approximate surface area is 175 Å². The maximum absolute atomic E-state index is 13.0. The molecule has 1 aromatic rings. The molecule has 4 fully saturated rings. The van der Waals surface area contributed by atoms with Crippen LogP contribution in [0.2, 0.25) is 0 Å². The second kappa shape index (κ2) is 7.41. The summed E-state index contributed by atoms with van der Waals surface area (Å²) in [5.74, 6) is 0.358. The predicted molar refractivity (Wildman–Crippen MR) is 108 cm³/mol. The minimum absolute atomic E-state index is 0.0271. The van der Waals surface area contributed by atoms with Gasteiger partial charge in [-0.1, -0.05) is 18.2 Å². The Hall–Kier alpha value is -2.90. The first kappa shape index (κ1) is 19.1. The number of nitrogens with one attached hydrogen (secondary N) is 1. The lowest BCUT2D eigenvalue weighted by Crippen LogP contribution is -2.61. The summed E-state index contributed by atoms with van der Waals surface area (Å²) < 4.78 is 0. The molecule has 0 aromatic heterocycles. The number of piperidine rings is 3. The lowest BCUT2D eigenvalue weighted by Gasteiger charge is -2.52. The average Bonchev–Trinajstić information content (AvgIpc) is 3.02. The van der Waals surface area contributed by atoms with E-state index < -0.39 is 12.1 Å². The second-order valence-electron chi connectivity index (χ2n) is 8.88. The molecule has 4 aliphatic heterocycles. The van der Waals surface area contributed by atoms with E-state index in [-0.39, 0.29) is 30.2 Å². The molecule has 4 unspecified atom stereocenters. The Morgan fingerprint density at radius 3 is 2.67 bits per heavy atom. The van der Waals surface area contributed by atoms with E-state index in [0.29, 0.717) is 37.0 Å². The van der Waals surface area contributed by atoms with Gasteiger partial charge >= 0.3 is 6.03 Å².